The molecule has 0 bridgehead atoms. The maximum Gasteiger partial charge on any atom is 0.387 e. The lowest BCUT2D eigenvalue weighted by molar-refractivity contribution is -0.0499. The summed E-state index contributed by atoms with van der Waals surface area (Å²) in [5.74, 6) is -0.452. The number of hydrogen-bond donors (Lipinski definition) is 0. The second-order valence-electron chi connectivity index (χ2n) is 8.38. The molecule has 0 N–H and O–H groups in total. The third kappa shape index (κ3) is 5.40. The summed E-state index contributed by atoms with van der Waals surface area (Å²) >= 11 is 0. The van der Waals surface area contributed by atoms with Crippen LogP contribution in [0.5, 0.6) is 5.75 Å². The van der Waals surface area contributed by atoms with E-state index in [0.29, 0.717) is 0 Å². The van der Waals surface area contributed by atoms with Crippen molar-refractivity contribution in [2.75, 3.05) is 26.2 Å². The largest absolute Gasteiger partial charge is 0.435 e. The predicted molar refractivity (Wildman–Crippen MR) is 113 cm³/mol. The number of carbonyl (C=O) groups excluding carboxylic acids is 1. The molecule has 3 rings (SSSR count). The number of benzene rings is 2. The highest BCUT2D eigenvalue weighted by molar-refractivity contribution is 7.89. The van der Waals surface area contributed by atoms with Crippen molar-refractivity contribution in [1.82, 2.24) is 9.21 Å². The normalized spacial score (nSPS) is 15.9. The molecule has 0 spiro atoms. The molecule has 1 fully saturated rings. The van der Waals surface area contributed by atoms with E-state index in [0.717, 1.165) is 5.56 Å². The number of amides is 1. The third-order valence-electron chi connectivity index (χ3n) is 5.19. The molecule has 2 aromatic carbocycles. The van der Waals surface area contributed by atoms with Crippen molar-refractivity contribution in [3.63, 3.8) is 0 Å². The van der Waals surface area contributed by atoms with E-state index in [1.807, 2.05) is 12.1 Å². The van der Waals surface area contributed by atoms with E-state index in [9.17, 15) is 22.0 Å². The number of carbonyl (C=O) groups is 1. The lowest BCUT2D eigenvalue weighted by Gasteiger charge is -2.34. The standard InChI is InChI=1S/C22H26F2N2O4S/c1-22(2,3)17-7-9-19(10-8-17)31(28,29)26-13-11-25(12-14-26)20(27)16-5-4-6-18(15-16)30-21(23)24/h4-10,15,21H,11-14H2,1-3H3. The number of sulfonamides is 1. The molecule has 1 aliphatic heterocycles. The highest BCUT2D eigenvalue weighted by Gasteiger charge is 2.31. The summed E-state index contributed by atoms with van der Waals surface area (Å²) in [4.78, 5) is 14.4. The van der Waals surface area contributed by atoms with Crippen molar-refractivity contribution >= 4 is 15.9 Å². The molecule has 0 aromatic heterocycles. The van der Waals surface area contributed by atoms with Crippen LogP contribution in [0, 0.1) is 0 Å². The fourth-order valence-electron chi connectivity index (χ4n) is 3.40. The van der Waals surface area contributed by atoms with Crippen molar-refractivity contribution < 1.29 is 26.7 Å². The van der Waals surface area contributed by atoms with Crippen LogP contribution in [0.1, 0.15) is 36.7 Å². The Hall–Kier alpha value is -2.52. The van der Waals surface area contributed by atoms with Gasteiger partial charge in [-0.3, -0.25) is 4.79 Å². The molecule has 6 nitrogen and oxygen atoms in total. The SMILES string of the molecule is CC(C)(C)c1ccc(S(=O)(=O)N2CCN(C(=O)c3cccc(OC(F)F)c3)CC2)cc1. The van der Waals surface area contributed by atoms with Crippen LogP contribution in [-0.4, -0.2) is 56.3 Å². The number of piperazine rings is 1. The average molecular weight is 453 g/mol. The molecule has 2 aromatic rings. The third-order valence-corrected chi connectivity index (χ3v) is 7.10. The first-order valence-corrected chi connectivity index (χ1v) is 11.4. The summed E-state index contributed by atoms with van der Waals surface area (Å²) in [7, 11) is -3.67. The van der Waals surface area contributed by atoms with Gasteiger partial charge in [0.05, 0.1) is 4.90 Å². The van der Waals surface area contributed by atoms with Gasteiger partial charge in [-0.2, -0.15) is 13.1 Å². The Labute approximate surface area is 181 Å². The van der Waals surface area contributed by atoms with Crippen LogP contribution in [0.15, 0.2) is 53.4 Å². The van der Waals surface area contributed by atoms with Gasteiger partial charge in [-0.25, -0.2) is 8.42 Å². The maximum absolute atomic E-state index is 13.0. The highest BCUT2D eigenvalue weighted by atomic mass is 32.2. The van der Waals surface area contributed by atoms with Gasteiger partial charge in [-0.05, 0) is 41.3 Å². The molecular formula is C22H26F2N2O4S. The average Bonchev–Trinajstić information content (AvgIpc) is 2.72. The quantitative estimate of drug-likeness (QED) is 0.693. The van der Waals surface area contributed by atoms with Gasteiger partial charge in [0.1, 0.15) is 5.75 Å². The van der Waals surface area contributed by atoms with Gasteiger partial charge in [0.15, 0.2) is 0 Å². The second-order valence-corrected chi connectivity index (χ2v) is 10.3. The molecule has 0 saturated carbocycles. The van der Waals surface area contributed by atoms with E-state index < -0.39 is 16.6 Å². The molecule has 1 amide bonds. The van der Waals surface area contributed by atoms with Gasteiger partial charge in [0, 0.05) is 31.7 Å². The number of ether oxygens (including phenoxy) is 1. The van der Waals surface area contributed by atoms with E-state index in [1.54, 1.807) is 12.1 Å². The van der Waals surface area contributed by atoms with Crippen molar-refractivity contribution in [3.8, 4) is 5.75 Å². The first-order valence-electron chi connectivity index (χ1n) is 9.93. The Balaban J connectivity index is 1.66. The smallest absolute Gasteiger partial charge is 0.387 e. The molecule has 1 saturated heterocycles. The van der Waals surface area contributed by atoms with Gasteiger partial charge < -0.3 is 9.64 Å². The minimum atomic E-state index is -3.67. The Morgan fingerprint density at radius 1 is 1.00 bits per heavy atom. The molecule has 0 radical (unpaired) electrons. The Bertz CT molecular complexity index is 1030. The van der Waals surface area contributed by atoms with Crippen LogP contribution in [-0.2, 0) is 15.4 Å². The van der Waals surface area contributed by atoms with Gasteiger partial charge in [-0.1, -0.05) is 39.0 Å². The number of hydrogen-bond acceptors (Lipinski definition) is 4. The summed E-state index contributed by atoms with van der Waals surface area (Å²) in [6.45, 7) is 3.92. The second kappa shape index (κ2) is 8.92. The molecule has 0 aliphatic carbocycles. The van der Waals surface area contributed by atoms with Crippen molar-refractivity contribution in [2.45, 2.75) is 37.7 Å². The lowest BCUT2D eigenvalue weighted by Crippen LogP contribution is -2.50. The molecular weight excluding hydrogens is 426 g/mol. The van der Waals surface area contributed by atoms with Crippen LogP contribution in [0.3, 0.4) is 0 Å². The first-order chi connectivity index (χ1) is 14.5. The minimum Gasteiger partial charge on any atom is -0.435 e. The van der Waals surface area contributed by atoms with E-state index in [2.05, 4.69) is 25.5 Å². The van der Waals surface area contributed by atoms with E-state index >= 15 is 0 Å². The fourth-order valence-corrected chi connectivity index (χ4v) is 4.82. The summed E-state index contributed by atoms with van der Waals surface area (Å²) in [6.07, 6.45) is 0. The maximum atomic E-state index is 13.0. The van der Waals surface area contributed by atoms with Gasteiger partial charge in [0.25, 0.3) is 5.91 Å². The van der Waals surface area contributed by atoms with E-state index in [-0.39, 0.29) is 53.7 Å². The summed E-state index contributed by atoms with van der Waals surface area (Å²) in [5.41, 5.74) is 1.18. The molecule has 31 heavy (non-hydrogen) atoms. The Morgan fingerprint density at radius 2 is 1.61 bits per heavy atom. The molecule has 1 aliphatic rings. The minimum absolute atomic E-state index is 0.0774. The van der Waals surface area contributed by atoms with Crippen molar-refractivity contribution in [1.29, 1.82) is 0 Å². The summed E-state index contributed by atoms with van der Waals surface area (Å²) < 4.78 is 56.5. The van der Waals surface area contributed by atoms with Crippen molar-refractivity contribution in [3.05, 3.63) is 59.7 Å². The molecule has 0 unspecified atom stereocenters. The van der Waals surface area contributed by atoms with E-state index in [1.165, 1.54) is 33.5 Å². The molecule has 9 heteroatoms. The highest BCUT2D eigenvalue weighted by Crippen LogP contribution is 2.25. The summed E-state index contributed by atoms with van der Waals surface area (Å²) in [5, 5.41) is 0. The van der Waals surface area contributed by atoms with Crippen LogP contribution < -0.4 is 4.74 Å². The zero-order valence-electron chi connectivity index (χ0n) is 17.7. The van der Waals surface area contributed by atoms with E-state index in [4.69, 9.17) is 0 Å². The monoisotopic (exact) mass is 452 g/mol. The topological polar surface area (TPSA) is 66.9 Å². The molecule has 168 valence electrons. The van der Waals surface area contributed by atoms with Crippen LogP contribution in [0.4, 0.5) is 8.78 Å². The van der Waals surface area contributed by atoms with Gasteiger partial charge in [0.2, 0.25) is 10.0 Å². The number of rotatable bonds is 5. The predicted octanol–water partition coefficient (Wildman–Crippen LogP) is 3.73. The number of halogens is 2. The number of nitrogens with zero attached hydrogens (tertiary/aromatic N) is 2. The molecule has 1 heterocycles. The Morgan fingerprint density at radius 3 is 2.16 bits per heavy atom. The molecule has 0 atom stereocenters. The Kier molecular flexibility index (Phi) is 6.66. The number of alkyl halides is 2. The van der Waals surface area contributed by atoms with Crippen LogP contribution in [0.2, 0.25) is 0 Å². The van der Waals surface area contributed by atoms with Gasteiger partial charge in [-0.15, -0.1) is 0 Å². The first kappa shape index (κ1) is 23.1. The zero-order chi connectivity index (χ0) is 22.8. The summed E-state index contributed by atoms with van der Waals surface area (Å²) in [6, 6.07) is 12.5. The lowest BCUT2D eigenvalue weighted by atomic mass is 9.87. The fraction of sp³-hybridized carbons (Fsp3) is 0.409. The van der Waals surface area contributed by atoms with Crippen LogP contribution in [0.25, 0.3) is 0 Å². The van der Waals surface area contributed by atoms with Gasteiger partial charge >= 0.3 is 6.61 Å². The zero-order valence-corrected chi connectivity index (χ0v) is 18.5. The van der Waals surface area contributed by atoms with Crippen molar-refractivity contribution in [2.24, 2.45) is 0 Å². The van der Waals surface area contributed by atoms with Crippen LogP contribution >= 0.6 is 0 Å².